The maximum absolute atomic E-state index is 11.7. The maximum atomic E-state index is 11.7. The number of hydrogen-bond acceptors (Lipinski definition) is 3. The lowest BCUT2D eigenvalue weighted by Gasteiger charge is -2.22. The molecule has 0 bridgehead atoms. The normalized spacial score (nSPS) is 27.5. The first kappa shape index (κ1) is 12.5. The zero-order valence-electron chi connectivity index (χ0n) is 9.41. The average molecular weight is 215 g/mol. The third-order valence-corrected chi connectivity index (χ3v) is 2.97. The van der Waals surface area contributed by atoms with Gasteiger partial charge in [-0.3, -0.25) is 4.79 Å². The van der Waals surface area contributed by atoms with Crippen molar-refractivity contribution in [2.45, 2.75) is 44.6 Å². The number of hydrogen-bond donors (Lipinski definition) is 2. The highest BCUT2D eigenvalue weighted by Gasteiger charge is 2.26. The van der Waals surface area contributed by atoms with Crippen LogP contribution in [0.3, 0.4) is 0 Å². The van der Waals surface area contributed by atoms with Crippen LogP contribution in [-0.2, 0) is 4.79 Å². The summed E-state index contributed by atoms with van der Waals surface area (Å²) in [4.78, 5) is 13.5. The highest BCUT2D eigenvalue weighted by Crippen LogP contribution is 2.21. The van der Waals surface area contributed by atoms with Crippen LogP contribution in [0.25, 0.3) is 0 Å². The van der Waals surface area contributed by atoms with E-state index < -0.39 is 5.60 Å². The van der Waals surface area contributed by atoms with E-state index in [1.807, 2.05) is 6.92 Å². The molecule has 4 heteroatoms. The SMILES string of the molecule is CC1(O)CCCN(C(=O)CCCO)CC1. The standard InChI is InChI=1S/C11H21NO3/c1-11(15)5-3-7-12(8-6-11)10(14)4-2-9-13/h13,15H,2-9H2,1H3. The summed E-state index contributed by atoms with van der Waals surface area (Å²) in [5.41, 5.74) is -0.619. The van der Waals surface area contributed by atoms with Crippen LogP contribution in [0.5, 0.6) is 0 Å². The molecule has 2 N–H and O–H groups in total. The highest BCUT2D eigenvalue weighted by atomic mass is 16.3. The quantitative estimate of drug-likeness (QED) is 0.721. The van der Waals surface area contributed by atoms with Gasteiger partial charge in [-0.2, -0.15) is 0 Å². The lowest BCUT2D eigenvalue weighted by molar-refractivity contribution is -0.131. The first-order chi connectivity index (χ1) is 7.05. The van der Waals surface area contributed by atoms with Gasteiger partial charge in [0.25, 0.3) is 0 Å². The van der Waals surface area contributed by atoms with Gasteiger partial charge in [-0.05, 0) is 32.6 Å². The van der Waals surface area contributed by atoms with E-state index in [0.29, 0.717) is 25.8 Å². The molecular weight excluding hydrogens is 194 g/mol. The number of carbonyl (C=O) groups is 1. The second-order valence-corrected chi connectivity index (χ2v) is 4.56. The number of nitrogens with zero attached hydrogens (tertiary/aromatic N) is 1. The molecule has 0 aromatic heterocycles. The second kappa shape index (κ2) is 5.47. The summed E-state index contributed by atoms with van der Waals surface area (Å²) in [6, 6.07) is 0. The summed E-state index contributed by atoms with van der Waals surface area (Å²) in [5, 5.41) is 18.5. The van der Waals surface area contributed by atoms with E-state index in [0.717, 1.165) is 19.4 Å². The maximum Gasteiger partial charge on any atom is 0.222 e. The first-order valence-corrected chi connectivity index (χ1v) is 5.66. The van der Waals surface area contributed by atoms with Gasteiger partial charge in [-0.25, -0.2) is 0 Å². The van der Waals surface area contributed by atoms with Gasteiger partial charge >= 0.3 is 0 Å². The van der Waals surface area contributed by atoms with E-state index in [2.05, 4.69) is 0 Å². The molecule has 0 spiro atoms. The zero-order valence-corrected chi connectivity index (χ0v) is 9.41. The third-order valence-electron chi connectivity index (χ3n) is 2.97. The van der Waals surface area contributed by atoms with Crippen molar-refractivity contribution in [3.05, 3.63) is 0 Å². The fourth-order valence-electron chi connectivity index (χ4n) is 1.90. The Labute approximate surface area is 90.9 Å². The third kappa shape index (κ3) is 4.18. The van der Waals surface area contributed by atoms with E-state index in [-0.39, 0.29) is 12.5 Å². The van der Waals surface area contributed by atoms with Crippen LogP contribution in [0.15, 0.2) is 0 Å². The number of amides is 1. The fraction of sp³-hybridized carbons (Fsp3) is 0.909. The number of carbonyl (C=O) groups excluding carboxylic acids is 1. The molecule has 1 heterocycles. The van der Waals surface area contributed by atoms with E-state index in [4.69, 9.17) is 5.11 Å². The van der Waals surface area contributed by atoms with Crippen molar-refractivity contribution in [2.24, 2.45) is 0 Å². The van der Waals surface area contributed by atoms with Crippen LogP contribution in [0.4, 0.5) is 0 Å². The Balaban J connectivity index is 2.40. The van der Waals surface area contributed by atoms with Crippen molar-refractivity contribution in [2.75, 3.05) is 19.7 Å². The number of likely N-dealkylation sites (tertiary alicyclic amines) is 1. The molecule has 0 saturated carbocycles. The van der Waals surface area contributed by atoms with Crippen molar-refractivity contribution < 1.29 is 15.0 Å². The van der Waals surface area contributed by atoms with Gasteiger partial charge < -0.3 is 15.1 Å². The van der Waals surface area contributed by atoms with Crippen LogP contribution in [0.2, 0.25) is 0 Å². The Bertz CT molecular complexity index is 216. The predicted octanol–water partition coefficient (Wildman–Crippen LogP) is 0.522. The van der Waals surface area contributed by atoms with Crippen LogP contribution < -0.4 is 0 Å². The predicted molar refractivity (Wildman–Crippen MR) is 57.4 cm³/mol. The van der Waals surface area contributed by atoms with Crippen LogP contribution >= 0.6 is 0 Å². The molecule has 0 aromatic carbocycles. The smallest absolute Gasteiger partial charge is 0.222 e. The summed E-state index contributed by atoms with van der Waals surface area (Å²) in [6.45, 7) is 3.27. The minimum Gasteiger partial charge on any atom is -0.396 e. The fourth-order valence-corrected chi connectivity index (χ4v) is 1.90. The Morgan fingerprint density at radius 1 is 1.40 bits per heavy atom. The van der Waals surface area contributed by atoms with E-state index in [1.165, 1.54) is 0 Å². The second-order valence-electron chi connectivity index (χ2n) is 4.56. The highest BCUT2D eigenvalue weighted by molar-refractivity contribution is 5.76. The lowest BCUT2D eigenvalue weighted by atomic mass is 9.98. The summed E-state index contributed by atoms with van der Waals surface area (Å²) in [7, 11) is 0. The van der Waals surface area contributed by atoms with Gasteiger partial charge in [-0.15, -0.1) is 0 Å². The van der Waals surface area contributed by atoms with Crippen molar-refractivity contribution in [1.29, 1.82) is 0 Å². The minimum absolute atomic E-state index is 0.0668. The molecular formula is C11H21NO3. The Hall–Kier alpha value is -0.610. The lowest BCUT2D eigenvalue weighted by Crippen LogP contribution is -2.33. The number of rotatable bonds is 3. The first-order valence-electron chi connectivity index (χ1n) is 5.66. The molecule has 4 nitrogen and oxygen atoms in total. The van der Waals surface area contributed by atoms with Crippen molar-refractivity contribution >= 4 is 5.91 Å². The molecule has 15 heavy (non-hydrogen) atoms. The summed E-state index contributed by atoms with van der Waals surface area (Å²) >= 11 is 0. The molecule has 1 saturated heterocycles. The summed E-state index contributed by atoms with van der Waals surface area (Å²) in [5.74, 6) is 0.0988. The van der Waals surface area contributed by atoms with E-state index >= 15 is 0 Å². The molecule has 0 aromatic rings. The van der Waals surface area contributed by atoms with Gasteiger partial charge in [0.2, 0.25) is 5.91 Å². The molecule has 88 valence electrons. The summed E-state index contributed by atoms with van der Waals surface area (Å²) < 4.78 is 0. The molecule has 0 aliphatic carbocycles. The molecule has 1 aliphatic rings. The van der Waals surface area contributed by atoms with Crippen LogP contribution in [0, 0.1) is 0 Å². The molecule has 1 rings (SSSR count). The Morgan fingerprint density at radius 2 is 2.13 bits per heavy atom. The monoisotopic (exact) mass is 215 g/mol. The Morgan fingerprint density at radius 3 is 2.80 bits per heavy atom. The largest absolute Gasteiger partial charge is 0.396 e. The van der Waals surface area contributed by atoms with Crippen LogP contribution in [0.1, 0.15) is 39.0 Å². The molecule has 1 unspecified atom stereocenters. The van der Waals surface area contributed by atoms with Crippen molar-refractivity contribution in [3.8, 4) is 0 Å². The van der Waals surface area contributed by atoms with E-state index in [1.54, 1.807) is 4.90 Å². The molecule has 1 fully saturated rings. The molecule has 1 atom stereocenters. The van der Waals surface area contributed by atoms with Crippen molar-refractivity contribution in [1.82, 2.24) is 4.90 Å². The zero-order chi connectivity index (χ0) is 11.3. The van der Waals surface area contributed by atoms with Crippen LogP contribution in [-0.4, -0.2) is 46.3 Å². The van der Waals surface area contributed by atoms with Gasteiger partial charge in [0.1, 0.15) is 0 Å². The topological polar surface area (TPSA) is 60.8 Å². The summed E-state index contributed by atoms with van der Waals surface area (Å²) in [6.07, 6.45) is 3.22. The number of aliphatic hydroxyl groups is 2. The Kier molecular flexibility index (Phi) is 4.54. The minimum atomic E-state index is -0.619. The van der Waals surface area contributed by atoms with Gasteiger partial charge in [0, 0.05) is 26.1 Å². The molecule has 1 aliphatic heterocycles. The van der Waals surface area contributed by atoms with Gasteiger partial charge in [-0.1, -0.05) is 0 Å². The van der Waals surface area contributed by atoms with Gasteiger partial charge in [0.05, 0.1) is 5.60 Å². The molecule has 1 amide bonds. The molecule has 0 radical (unpaired) electrons. The number of aliphatic hydroxyl groups excluding tert-OH is 1. The van der Waals surface area contributed by atoms with Crippen molar-refractivity contribution in [3.63, 3.8) is 0 Å². The van der Waals surface area contributed by atoms with Gasteiger partial charge in [0.15, 0.2) is 0 Å². The average Bonchev–Trinajstić information content (AvgIpc) is 2.36. The van der Waals surface area contributed by atoms with E-state index in [9.17, 15) is 9.90 Å².